The Labute approximate surface area is 89.6 Å². The van der Waals surface area contributed by atoms with Crippen LogP contribution in [0.5, 0.6) is 0 Å². The number of likely N-dealkylation sites (tertiary alicyclic amines) is 1. The molecular weight excluding hydrogens is 196 g/mol. The summed E-state index contributed by atoms with van der Waals surface area (Å²) in [6, 6.07) is -0.374. The molecule has 2 N–H and O–H groups in total. The maximum absolute atomic E-state index is 11.5. The Balaban J connectivity index is 2.25. The lowest BCUT2D eigenvalue weighted by atomic mass is 10.1. The first kappa shape index (κ1) is 12.0. The van der Waals surface area contributed by atoms with Gasteiger partial charge in [-0.25, -0.2) is 0 Å². The average Bonchev–Trinajstić information content (AvgIpc) is 2.24. The van der Waals surface area contributed by atoms with Gasteiger partial charge in [-0.1, -0.05) is 6.92 Å². The van der Waals surface area contributed by atoms with Gasteiger partial charge in [-0.05, 0) is 12.8 Å². The highest BCUT2D eigenvalue weighted by Crippen LogP contribution is 2.09. The predicted molar refractivity (Wildman–Crippen MR) is 55.0 cm³/mol. The first-order chi connectivity index (χ1) is 7.15. The number of ether oxygens (including phenoxy) is 1. The summed E-state index contributed by atoms with van der Waals surface area (Å²) in [5.41, 5.74) is 5.63. The standard InChI is InChI=1S/C10H18N2O3/c1-2-9(13)15-7-6-12-5-3-4-8(11)10(12)14/h8H,2-7,11H2,1H3. The largest absolute Gasteiger partial charge is 0.464 e. The molecule has 5 heteroatoms. The second-order valence-electron chi connectivity index (χ2n) is 3.65. The Morgan fingerprint density at radius 1 is 1.67 bits per heavy atom. The molecule has 1 saturated heterocycles. The molecule has 0 bridgehead atoms. The average molecular weight is 214 g/mol. The number of nitrogens with zero attached hydrogens (tertiary/aromatic N) is 1. The first-order valence-corrected chi connectivity index (χ1v) is 5.35. The molecule has 1 amide bonds. The SMILES string of the molecule is CCC(=O)OCCN1CCCC(N)C1=O. The van der Waals surface area contributed by atoms with Gasteiger partial charge in [0.15, 0.2) is 0 Å². The lowest BCUT2D eigenvalue weighted by molar-refractivity contribution is -0.146. The summed E-state index contributed by atoms with van der Waals surface area (Å²) >= 11 is 0. The summed E-state index contributed by atoms with van der Waals surface area (Å²) in [5, 5.41) is 0. The third-order valence-corrected chi connectivity index (χ3v) is 2.48. The molecule has 0 aliphatic carbocycles. The van der Waals surface area contributed by atoms with Crippen molar-refractivity contribution >= 4 is 11.9 Å². The number of carbonyl (C=O) groups is 2. The number of amides is 1. The monoisotopic (exact) mass is 214 g/mol. The zero-order valence-corrected chi connectivity index (χ0v) is 9.07. The molecule has 0 aromatic carbocycles. The zero-order valence-electron chi connectivity index (χ0n) is 9.07. The van der Waals surface area contributed by atoms with Crippen LogP contribution in [0.15, 0.2) is 0 Å². The minimum Gasteiger partial charge on any atom is -0.464 e. The fraction of sp³-hybridized carbons (Fsp3) is 0.800. The van der Waals surface area contributed by atoms with Crippen LogP contribution in [0.3, 0.4) is 0 Å². The smallest absolute Gasteiger partial charge is 0.305 e. The van der Waals surface area contributed by atoms with Crippen molar-refractivity contribution in [1.29, 1.82) is 0 Å². The fourth-order valence-electron chi connectivity index (χ4n) is 1.56. The van der Waals surface area contributed by atoms with E-state index in [1.807, 2.05) is 0 Å². The molecule has 1 aliphatic rings. The van der Waals surface area contributed by atoms with Crippen molar-refractivity contribution in [3.8, 4) is 0 Å². The van der Waals surface area contributed by atoms with Gasteiger partial charge in [0.2, 0.25) is 5.91 Å². The maximum Gasteiger partial charge on any atom is 0.305 e. The molecule has 5 nitrogen and oxygen atoms in total. The van der Waals surface area contributed by atoms with E-state index in [4.69, 9.17) is 10.5 Å². The molecule has 1 heterocycles. The lowest BCUT2D eigenvalue weighted by Gasteiger charge is -2.30. The number of rotatable bonds is 4. The van der Waals surface area contributed by atoms with E-state index >= 15 is 0 Å². The van der Waals surface area contributed by atoms with Gasteiger partial charge < -0.3 is 15.4 Å². The summed E-state index contributed by atoms with van der Waals surface area (Å²) in [7, 11) is 0. The van der Waals surface area contributed by atoms with E-state index in [9.17, 15) is 9.59 Å². The number of carbonyl (C=O) groups excluding carboxylic acids is 2. The molecule has 0 spiro atoms. The highest BCUT2D eigenvalue weighted by atomic mass is 16.5. The van der Waals surface area contributed by atoms with Gasteiger partial charge in [-0.2, -0.15) is 0 Å². The van der Waals surface area contributed by atoms with Gasteiger partial charge in [-0.3, -0.25) is 9.59 Å². The van der Waals surface area contributed by atoms with Gasteiger partial charge in [0.05, 0.1) is 12.6 Å². The molecule has 1 atom stereocenters. The highest BCUT2D eigenvalue weighted by Gasteiger charge is 2.25. The van der Waals surface area contributed by atoms with Crippen LogP contribution in [0.1, 0.15) is 26.2 Å². The lowest BCUT2D eigenvalue weighted by Crippen LogP contribution is -2.49. The van der Waals surface area contributed by atoms with Crippen LogP contribution in [0, 0.1) is 0 Å². The number of esters is 1. The van der Waals surface area contributed by atoms with Crippen molar-refractivity contribution in [2.75, 3.05) is 19.7 Å². The first-order valence-electron chi connectivity index (χ1n) is 5.35. The van der Waals surface area contributed by atoms with E-state index in [2.05, 4.69) is 0 Å². The van der Waals surface area contributed by atoms with E-state index in [0.29, 0.717) is 13.0 Å². The molecule has 0 aromatic heterocycles. The zero-order chi connectivity index (χ0) is 11.3. The van der Waals surface area contributed by atoms with E-state index in [0.717, 1.165) is 19.4 Å². The second kappa shape index (κ2) is 5.70. The molecular formula is C10H18N2O3. The fourth-order valence-corrected chi connectivity index (χ4v) is 1.56. The third kappa shape index (κ3) is 3.51. The van der Waals surface area contributed by atoms with Gasteiger partial charge in [0, 0.05) is 13.0 Å². The molecule has 15 heavy (non-hydrogen) atoms. The van der Waals surface area contributed by atoms with Crippen LogP contribution in [-0.2, 0) is 14.3 Å². The van der Waals surface area contributed by atoms with Gasteiger partial charge in [-0.15, -0.1) is 0 Å². The minimum atomic E-state index is -0.374. The van der Waals surface area contributed by atoms with E-state index in [-0.39, 0.29) is 24.5 Å². The molecule has 1 fully saturated rings. The summed E-state index contributed by atoms with van der Waals surface area (Å²) in [6.45, 7) is 3.18. The van der Waals surface area contributed by atoms with E-state index < -0.39 is 0 Å². The van der Waals surface area contributed by atoms with Crippen molar-refractivity contribution < 1.29 is 14.3 Å². The van der Waals surface area contributed by atoms with Crippen molar-refractivity contribution in [3.05, 3.63) is 0 Å². The van der Waals surface area contributed by atoms with Crippen molar-refractivity contribution in [2.45, 2.75) is 32.2 Å². The van der Waals surface area contributed by atoms with Crippen molar-refractivity contribution in [3.63, 3.8) is 0 Å². The van der Waals surface area contributed by atoms with E-state index in [1.54, 1.807) is 11.8 Å². The summed E-state index contributed by atoms with van der Waals surface area (Å²) in [4.78, 5) is 24.0. The molecule has 1 rings (SSSR count). The number of hydrogen-bond donors (Lipinski definition) is 1. The van der Waals surface area contributed by atoms with E-state index in [1.165, 1.54) is 0 Å². The Kier molecular flexibility index (Phi) is 4.55. The Hall–Kier alpha value is -1.10. The third-order valence-electron chi connectivity index (χ3n) is 2.48. The minimum absolute atomic E-state index is 0.0335. The van der Waals surface area contributed by atoms with Gasteiger partial charge in [0.1, 0.15) is 6.61 Å². The normalized spacial score (nSPS) is 21.6. The maximum atomic E-state index is 11.5. The number of nitrogens with two attached hydrogens (primary N) is 1. The highest BCUT2D eigenvalue weighted by molar-refractivity contribution is 5.82. The number of hydrogen-bond acceptors (Lipinski definition) is 4. The topological polar surface area (TPSA) is 72.6 Å². The van der Waals surface area contributed by atoms with Crippen molar-refractivity contribution in [1.82, 2.24) is 4.90 Å². The Morgan fingerprint density at radius 3 is 3.07 bits per heavy atom. The van der Waals surface area contributed by atoms with Crippen LogP contribution in [-0.4, -0.2) is 42.5 Å². The van der Waals surface area contributed by atoms with Crippen LogP contribution >= 0.6 is 0 Å². The summed E-state index contributed by atoms with van der Waals surface area (Å²) in [6.07, 6.45) is 2.05. The van der Waals surface area contributed by atoms with Crippen LogP contribution in [0.2, 0.25) is 0 Å². The molecule has 86 valence electrons. The van der Waals surface area contributed by atoms with Gasteiger partial charge in [0.25, 0.3) is 0 Å². The number of piperidine rings is 1. The molecule has 0 radical (unpaired) electrons. The predicted octanol–water partition coefficient (Wildman–Crippen LogP) is -0.111. The molecule has 0 saturated carbocycles. The second-order valence-corrected chi connectivity index (χ2v) is 3.65. The van der Waals surface area contributed by atoms with Crippen LogP contribution in [0.25, 0.3) is 0 Å². The van der Waals surface area contributed by atoms with Crippen LogP contribution in [0.4, 0.5) is 0 Å². The molecule has 1 unspecified atom stereocenters. The molecule has 0 aromatic rings. The summed E-state index contributed by atoms with van der Waals surface area (Å²) < 4.78 is 4.90. The quantitative estimate of drug-likeness (QED) is 0.663. The van der Waals surface area contributed by atoms with Crippen molar-refractivity contribution in [2.24, 2.45) is 5.73 Å². The Bertz CT molecular complexity index is 243. The molecule has 1 aliphatic heterocycles. The van der Waals surface area contributed by atoms with Crippen LogP contribution < -0.4 is 5.73 Å². The summed E-state index contributed by atoms with van der Waals surface area (Å²) in [5.74, 6) is -0.266. The Morgan fingerprint density at radius 2 is 2.40 bits per heavy atom. The van der Waals surface area contributed by atoms with Gasteiger partial charge >= 0.3 is 5.97 Å².